The minimum atomic E-state index is -0.318. The van der Waals surface area contributed by atoms with E-state index in [0.717, 1.165) is 11.8 Å². The SMILES string of the molecule is Nn1c(COc2ccccc2)nnc1SCC(=O)Nc1ncc(Cl)cc1Cl. The molecule has 1 aromatic carbocycles. The van der Waals surface area contributed by atoms with Gasteiger partial charge in [0.05, 0.1) is 15.8 Å². The van der Waals surface area contributed by atoms with E-state index in [1.165, 1.54) is 16.9 Å². The average molecular weight is 425 g/mol. The number of carbonyl (C=O) groups is 1. The Kier molecular flexibility index (Phi) is 6.38. The van der Waals surface area contributed by atoms with Crippen LogP contribution in [0.3, 0.4) is 0 Å². The molecule has 0 saturated carbocycles. The number of pyridine rings is 1. The predicted octanol–water partition coefficient (Wildman–Crippen LogP) is 3.00. The fourth-order valence-electron chi connectivity index (χ4n) is 1.97. The van der Waals surface area contributed by atoms with Crippen molar-refractivity contribution in [3.05, 3.63) is 58.5 Å². The molecule has 3 N–H and O–H groups in total. The summed E-state index contributed by atoms with van der Waals surface area (Å²) in [5.41, 5.74) is 0. The Labute approximate surface area is 169 Å². The third-order valence-electron chi connectivity index (χ3n) is 3.24. The summed E-state index contributed by atoms with van der Waals surface area (Å²) in [6.07, 6.45) is 1.39. The second kappa shape index (κ2) is 8.94. The van der Waals surface area contributed by atoms with Gasteiger partial charge in [-0.2, -0.15) is 0 Å². The van der Waals surface area contributed by atoms with Gasteiger partial charge < -0.3 is 15.9 Å². The van der Waals surface area contributed by atoms with Gasteiger partial charge in [0.2, 0.25) is 11.1 Å². The highest BCUT2D eigenvalue weighted by Crippen LogP contribution is 2.23. The molecule has 0 unspecified atom stereocenters. The molecule has 2 heterocycles. The summed E-state index contributed by atoms with van der Waals surface area (Å²) in [7, 11) is 0. The number of benzene rings is 1. The molecule has 1 amide bonds. The van der Waals surface area contributed by atoms with Crippen molar-refractivity contribution in [2.45, 2.75) is 11.8 Å². The lowest BCUT2D eigenvalue weighted by molar-refractivity contribution is -0.113. The minimum absolute atomic E-state index is 0.0511. The van der Waals surface area contributed by atoms with Crippen LogP contribution in [0.2, 0.25) is 10.0 Å². The first-order valence-corrected chi connectivity index (χ1v) is 9.38. The third kappa shape index (κ3) is 5.25. The lowest BCUT2D eigenvalue weighted by Gasteiger charge is -2.07. The number of nitrogens with one attached hydrogen (secondary N) is 1. The van der Waals surface area contributed by atoms with Crippen molar-refractivity contribution in [2.24, 2.45) is 0 Å². The van der Waals surface area contributed by atoms with E-state index in [-0.39, 0.29) is 29.1 Å². The number of thioether (sulfide) groups is 1. The molecule has 2 aromatic heterocycles. The van der Waals surface area contributed by atoms with Crippen LogP contribution in [0.25, 0.3) is 0 Å². The van der Waals surface area contributed by atoms with Crippen molar-refractivity contribution in [1.29, 1.82) is 0 Å². The van der Waals surface area contributed by atoms with E-state index in [1.807, 2.05) is 30.3 Å². The van der Waals surface area contributed by atoms with E-state index in [4.69, 9.17) is 33.8 Å². The zero-order valence-corrected chi connectivity index (χ0v) is 16.1. The Balaban J connectivity index is 1.53. The highest BCUT2D eigenvalue weighted by molar-refractivity contribution is 7.99. The number of carbonyl (C=O) groups excluding carboxylic acids is 1. The molecule has 0 spiro atoms. The van der Waals surface area contributed by atoms with Crippen molar-refractivity contribution in [1.82, 2.24) is 19.9 Å². The summed E-state index contributed by atoms with van der Waals surface area (Å²) >= 11 is 12.9. The Morgan fingerprint density at radius 3 is 2.78 bits per heavy atom. The molecule has 27 heavy (non-hydrogen) atoms. The maximum atomic E-state index is 12.1. The van der Waals surface area contributed by atoms with Gasteiger partial charge in [-0.1, -0.05) is 53.2 Å². The van der Waals surface area contributed by atoms with Crippen LogP contribution in [0.4, 0.5) is 5.82 Å². The van der Waals surface area contributed by atoms with Crippen molar-refractivity contribution in [3.8, 4) is 5.75 Å². The highest BCUT2D eigenvalue weighted by Gasteiger charge is 2.14. The van der Waals surface area contributed by atoms with E-state index in [9.17, 15) is 4.79 Å². The van der Waals surface area contributed by atoms with E-state index in [0.29, 0.717) is 21.8 Å². The summed E-state index contributed by atoms with van der Waals surface area (Å²) in [4.78, 5) is 16.0. The lowest BCUT2D eigenvalue weighted by Crippen LogP contribution is -2.18. The van der Waals surface area contributed by atoms with Crippen LogP contribution in [-0.2, 0) is 11.4 Å². The van der Waals surface area contributed by atoms with Crippen LogP contribution in [0.15, 0.2) is 47.8 Å². The van der Waals surface area contributed by atoms with Crippen molar-refractivity contribution >= 4 is 46.7 Å². The summed E-state index contributed by atoms with van der Waals surface area (Å²) < 4.78 is 6.87. The number of nitrogen functional groups attached to an aromatic ring is 1. The molecule has 0 aliphatic carbocycles. The number of hydrogen-bond acceptors (Lipinski definition) is 7. The van der Waals surface area contributed by atoms with Crippen LogP contribution in [0.5, 0.6) is 5.75 Å². The van der Waals surface area contributed by atoms with Crippen molar-refractivity contribution < 1.29 is 9.53 Å². The van der Waals surface area contributed by atoms with Crippen molar-refractivity contribution in [2.75, 3.05) is 16.9 Å². The average Bonchev–Trinajstić information content (AvgIpc) is 3.01. The molecule has 3 rings (SSSR count). The molecule has 8 nitrogen and oxygen atoms in total. The van der Waals surface area contributed by atoms with Gasteiger partial charge in [0.25, 0.3) is 0 Å². The number of para-hydroxylation sites is 1. The van der Waals surface area contributed by atoms with Gasteiger partial charge in [-0.25, -0.2) is 9.66 Å². The molecular formula is C16H14Cl2N6O2S. The van der Waals surface area contributed by atoms with E-state index >= 15 is 0 Å². The van der Waals surface area contributed by atoms with E-state index < -0.39 is 0 Å². The number of amides is 1. The fraction of sp³-hybridized carbons (Fsp3) is 0.125. The van der Waals surface area contributed by atoms with Gasteiger partial charge in [-0.3, -0.25) is 4.79 Å². The Morgan fingerprint density at radius 2 is 2.04 bits per heavy atom. The number of nitrogens with zero attached hydrogens (tertiary/aromatic N) is 4. The fourth-order valence-corrected chi connectivity index (χ4v) is 3.08. The summed E-state index contributed by atoms with van der Waals surface area (Å²) in [6.45, 7) is 0.157. The molecule has 11 heteroatoms. The first-order valence-electron chi connectivity index (χ1n) is 7.64. The van der Waals surface area contributed by atoms with Gasteiger partial charge in [0.15, 0.2) is 11.6 Å². The molecule has 0 fully saturated rings. The number of anilines is 1. The van der Waals surface area contributed by atoms with Crippen molar-refractivity contribution in [3.63, 3.8) is 0 Å². The van der Waals surface area contributed by atoms with Crippen LogP contribution in [0.1, 0.15) is 5.82 Å². The summed E-state index contributed by atoms with van der Waals surface area (Å²) in [5.74, 6) is 7.06. The smallest absolute Gasteiger partial charge is 0.236 e. The highest BCUT2D eigenvalue weighted by atomic mass is 35.5. The maximum Gasteiger partial charge on any atom is 0.236 e. The molecule has 3 aromatic rings. The summed E-state index contributed by atoms with van der Waals surface area (Å²) in [6, 6.07) is 10.8. The van der Waals surface area contributed by atoms with Crippen LogP contribution in [-0.4, -0.2) is 31.5 Å². The predicted molar refractivity (Wildman–Crippen MR) is 105 cm³/mol. The molecule has 140 valence electrons. The molecule has 0 atom stereocenters. The van der Waals surface area contributed by atoms with Gasteiger partial charge in [-0.05, 0) is 18.2 Å². The zero-order valence-electron chi connectivity index (χ0n) is 13.8. The van der Waals surface area contributed by atoms with E-state index in [1.54, 1.807) is 0 Å². The van der Waals surface area contributed by atoms with Gasteiger partial charge >= 0.3 is 0 Å². The third-order valence-corrected chi connectivity index (χ3v) is 4.68. The zero-order chi connectivity index (χ0) is 19.2. The molecule has 0 bridgehead atoms. The molecular weight excluding hydrogens is 411 g/mol. The second-order valence-electron chi connectivity index (χ2n) is 5.19. The molecule has 0 saturated heterocycles. The molecule has 0 aliphatic heterocycles. The topological polar surface area (TPSA) is 108 Å². The lowest BCUT2D eigenvalue weighted by atomic mass is 10.3. The number of halogens is 2. The van der Waals surface area contributed by atoms with E-state index in [2.05, 4.69) is 20.5 Å². The van der Waals surface area contributed by atoms with Crippen LogP contribution < -0.4 is 15.9 Å². The Bertz CT molecular complexity index is 938. The van der Waals surface area contributed by atoms with Gasteiger partial charge in [0.1, 0.15) is 12.4 Å². The Morgan fingerprint density at radius 1 is 1.26 bits per heavy atom. The number of hydrogen-bond donors (Lipinski definition) is 2. The minimum Gasteiger partial charge on any atom is -0.486 e. The summed E-state index contributed by atoms with van der Waals surface area (Å²) in [5, 5.41) is 11.6. The molecule has 0 radical (unpaired) electrons. The number of nitrogens with two attached hydrogens (primary N) is 1. The second-order valence-corrected chi connectivity index (χ2v) is 6.98. The number of rotatable bonds is 7. The van der Waals surface area contributed by atoms with Crippen LogP contribution >= 0.6 is 35.0 Å². The largest absolute Gasteiger partial charge is 0.486 e. The number of aromatic nitrogens is 4. The number of ether oxygens (including phenoxy) is 1. The first kappa shape index (κ1) is 19.3. The normalized spacial score (nSPS) is 10.6. The van der Waals surface area contributed by atoms with Gasteiger partial charge in [0, 0.05) is 6.20 Å². The first-order chi connectivity index (χ1) is 13.0. The maximum absolute atomic E-state index is 12.1. The monoisotopic (exact) mass is 424 g/mol. The van der Waals surface area contributed by atoms with Gasteiger partial charge in [-0.15, -0.1) is 10.2 Å². The Hall–Kier alpha value is -2.49. The quantitative estimate of drug-likeness (QED) is 0.443. The van der Waals surface area contributed by atoms with Crippen LogP contribution in [0, 0.1) is 0 Å². The molecule has 0 aliphatic rings. The standard InChI is InChI=1S/C16H14Cl2N6O2S/c17-10-6-12(18)15(20-7-10)21-14(25)9-27-16-23-22-13(24(16)19)8-26-11-4-2-1-3-5-11/h1-7H,8-9,19H2,(H,20,21,25).